The molecule has 2 rings (SSSR count). The number of nitrogens with zero attached hydrogens (tertiary/aromatic N) is 1. The summed E-state index contributed by atoms with van der Waals surface area (Å²) in [7, 11) is 1.65. The summed E-state index contributed by atoms with van der Waals surface area (Å²) >= 11 is 0. The molecule has 0 aliphatic rings. The van der Waals surface area contributed by atoms with Gasteiger partial charge < -0.3 is 15.2 Å². The minimum absolute atomic E-state index is 0.00867. The average molecular weight is 272 g/mol. The van der Waals surface area contributed by atoms with Crippen molar-refractivity contribution in [2.75, 3.05) is 7.11 Å². The summed E-state index contributed by atoms with van der Waals surface area (Å²) in [4.78, 5) is 4.32. The highest BCUT2D eigenvalue weighted by Crippen LogP contribution is 2.17. The number of benzene rings is 1. The first kappa shape index (κ1) is 14.3. The topological polar surface area (TPSA) is 57.4 Å². The molecule has 0 saturated heterocycles. The summed E-state index contributed by atoms with van der Waals surface area (Å²) in [6.07, 6.45) is 2.59. The van der Waals surface area contributed by atoms with E-state index in [1.807, 2.05) is 43.3 Å². The molecule has 2 N–H and O–H groups in total. The number of rotatable bonds is 6. The normalized spacial score (nSPS) is 11.9. The maximum atomic E-state index is 5.92. The quantitative estimate of drug-likeness (QED) is 0.878. The molecule has 0 bridgehead atoms. The Morgan fingerprint density at radius 2 is 1.80 bits per heavy atom. The highest BCUT2D eigenvalue weighted by atomic mass is 16.5. The standard InChI is InChI=1S/C16H20N2O2/c1-3-15(17)16-9-8-14(10-18-16)20-11-12-4-6-13(19-2)7-5-12/h4-10,15H,3,11,17H2,1-2H3. The Hall–Kier alpha value is -2.07. The maximum Gasteiger partial charge on any atom is 0.138 e. The third kappa shape index (κ3) is 3.71. The lowest BCUT2D eigenvalue weighted by molar-refractivity contribution is 0.304. The van der Waals surface area contributed by atoms with Crippen LogP contribution in [-0.4, -0.2) is 12.1 Å². The molecule has 0 radical (unpaired) electrons. The molecule has 0 aliphatic heterocycles. The SMILES string of the molecule is CCC(N)c1ccc(OCc2ccc(OC)cc2)cn1. The van der Waals surface area contributed by atoms with E-state index in [0.29, 0.717) is 6.61 Å². The van der Waals surface area contributed by atoms with E-state index < -0.39 is 0 Å². The minimum Gasteiger partial charge on any atom is -0.497 e. The first-order valence-electron chi connectivity index (χ1n) is 6.70. The zero-order chi connectivity index (χ0) is 14.4. The van der Waals surface area contributed by atoms with Gasteiger partial charge in [-0.05, 0) is 36.2 Å². The second kappa shape index (κ2) is 6.91. The number of methoxy groups -OCH3 is 1. The van der Waals surface area contributed by atoms with Crippen LogP contribution < -0.4 is 15.2 Å². The van der Waals surface area contributed by atoms with Crippen LogP contribution in [0.25, 0.3) is 0 Å². The van der Waals surface area contributed by atoms with Gasteiger partial charge in [0, 0.05) is 6.04 Å². The molecule has 1 heterocycles. The van der Waals surface area contributed by atoms with Crippen LogP contribution in [0.1, 0.15) is 30.6 Å². The van der Waals surface area contributed by atoms with Crippen molar-refractivity contribution in [1.29, 1.82) is 0 Å². The Kier molecular flexibility index (Phi) is 4.96. The van der Waals surface area contributed by atoms with Gasteiger partial charge in [0.1, 0.15) is 18.1 Å². The van der Waals surface area contributed by atoms with Gasteiger partial charge in [0.15, 0.2) is 0 Å². The lowest BCUT2D eigenvalue weighted by Gasteiger charge is -2.10. The van der Waals surface area contributed by atoms with E-state index in [1.165, 1.54) is 0 Å². The number of pyridine rings is 1. The molecule has 20 heavy (non-hydrogen) atoms. The Morgan fingerprint density at radius 1 is 1.10 bits per heavy atom. The summed E-state index contributed by atoms with van der Waals surface area (Å²) in [5.74, 6) is 1.58. The van der Waals surface area contributed by atoms with Crippen LogP contribution in [0.3, 0.4) is 0 Å². The highest BCUT2D eigenvalue weighted by Gasteiger charge is 2.04. The molecule has 106 valence electrons. The van der Waals surface area contributed by atoms with Crippen molar-refractivity contribution in [1.82, 2.24) is 4.98 Å². The van der Waals surface area contributed by atoms with Crippen molar-refractivity contribution in [3.8, 4) is 11.5 Å². The van der Waals surface area contributed by atoms with Gasteiger partial charge in [-0.2, -0.15) is 0 Å². The molecular formula is C16H20N2O2. The average Bonchev–Trinajstić information content (AvgIpc) is 2.53. The van der Waals surface area contributed by atoms with E-state index in [1.54, 1.807) is 13.3 Å². The Labute approximate surface area is 119 Å². The van der Waals surface area contributed by atoms with Crippen molar-refractivity contribution >= 4 is 0 Å². The van der Waals surface area contributed by atoms with Crippen LogP contribution in [0.2, 0.25) is 0 Å². The molecule has 1 aromatic heterocycles. The van der Waals surface area contributed by atoms with Crippen LogP contribution in [0.15, 0.2) is 42.6 Å². The van der Waals surface area contributed by atoms with E-state index in [0.717, 1.165) is 29.2 Å². The minimum atomic E-state index is -0.00867. The summed E-state index contributed by atoms with van der Waals surface area (Å²) in [6.45, 7) is 2.55. The zero-order valence-electron chi connectivity index (χ0n) is 11.9. The van der Waals surface area contributed by atoms with Crippen molar-refractivity contribution in [2.45, 2.75) is 26.0 Å². The van der Waals surface area contributed by atoms with Crippen LogP contribution in [0.4, 0.5) is 0 Å². The van der Waals surface area contributed by atoms with E-state index in [9.17, 15) is 0 Å². The molecule has 4 heteroatoms. The van der Waals surface area contributed by atoms with E-state index in [2.05, 4.69) is 4.98 Å². The monoisotopic (exact) mass is 272 g/mol. The molecular weight excluding hydrogens is 252 g/mol. The summed E-state index contributed by atoms with van der Waals surface area (Å²) in [5, 5.41) is 0. The molecule has 0 spiro atoms. The third-order valence-corrected chi connectivity index (χ3v) is 3.14. The predicted molar refractivity (Wildman–Crippen MR) is 78.8 cm³/mol. The van der Waals surface area contributed by atoms with E-state index in [4.69, 9.17) is 15.2 Å². The van der Waals surface area contributed by atoms with Gasteiger partial charge in [0.05, 0.1) is 19.0 Å². The van der Waals surface area contributed by atoms with Crippen molar-refractivity contribution in [3.63, 3.8) is 0 Å². The molecule has 1 atom stereocenters. The molecule has 2 aromatic rings. The lowest BCUT2D eigenvalue weighted by Crippen LogP contribution is -2.10. The molecule has 0 aliphatic carbocycles. The molecule has 4 nitrogen and oxygen atoms in total. The largest absolute Gasteiger partial charge is 0.497 e. The molecule has 0 fully saturated rings. The van der Waals surface area contributed by atoms with Crippen molar-refractivity contribution in [2.24, 2.45) is 5.73 Å². The first-order chi connectivity index (χ1) is 9.72. The maximum absolute atomic E-state index is 5.92. The number of ether oxygens (including phenoxy) is 2. The lowest BCUT2D eigenvalue weighted by atomic mass is 10.1. The Balaban J connectivity index is 1.93. The van der Waals surface area contributed by atoms with Crippen LogP contribution >= 0.6 is 0 Å². The molecule has 1 unspecified atom stereocenters. The van der Waals surface area contributed by atoms with E-state index in [-0.39, 0.29) is 6.04 Å². The highest BCUT2D eigenvalue weighted by molar-refractivity contribution is 5.27. The molecule has 0 amide bonds. The van der Waals surface area contributed by atoms with E-state index >= 15 is 0 Å². The van der Waals surface area contributed by atoms with Gasteiger partial charge in [-0.3, -0.25) is 4.98 Å². The predicted octanol–water partition coefficient (Wildman–Crippen LogP) is 3.08. The number of hydrogen-bond donors (Lipinski definition) is 1. The van der Waals surface area contributed by atoms with Crippen LogP contribution in [0, 0.1) is 0 Å². The van der Waals surface area contributed by atoms with Gasteiger partial charge in [0.2, 0.25) is 0 Å². The second-order valence-electron chi connectivity index (χ2n) is 4.57. The number of nitrogens with two attached hydrogens (primary N) is 1. The van der Waals surface area contributed by atoms with Gasteiger partial charge in [0.25, 0.3) is 0 Å². The first-order valence-corrected chi connectivity index (χ1v) is 6.70. The number of aromatic nitrogens is 1. The fraction of sp³-hybridized carbons (Fsp3) is 0.312. The fourth-order valence-electron chi connectivity index (χ4n) is 1.79. The third-order valence-electron chi connectivity index (χ3n) is 3.14. The Morgan fingerprint density at radius 3 is 2.35 bits per heavy atom. The Bertz CT molecular complexity index is 523. The van der Waals surface area contributed by atoms with Crippen molar-refractivity contribution in [3.05, 3.63) is 53.9 Å². The number of hydrogen-bond acceptors (Lipinski definition) is 4. The van der Waals surface area contributed by atoms with Crippen LogP contribution in [-0.2, 0) is 6.61 Å². The zero-order valence-corrected chi connectivity index (χ0v) is 11.9. The second-order valence-corrected chi connectivity index (χ2v) is 4.57. The van der Waals surface area contributed by atoms with Gasteiger partial charge in [-0.1, -0.05) is 19.1 Å². The summed E-state index contributed by atoms with van der Waals surface area (Å²) in [5.41, 5.74) is 7.90. The van der Waals surface area contributed by atoms with Gasteiger partial charge in [-0.25, -0.2) is 0 Å². The van der Waals surface area contributed by atoms with Crippen LogP contribution in [0.5, 0.6) is 11.5 Å². The fourth-order valence-corrected chi connectivity index (χ4v) is 1.79. The summed E-state index contributed by atoms with van der Waals surface area (Å²) < 4.78 is 10.8. The smallest absolute Gasteiger partial charge is 0.138 e. The molecule has 1 aromatic carbocycles. The summed E-state index contributed by atoms with van der Waals surface area (Å²) in [6, 6.07) is 11.6. The van der Waals surface area contributed by atoms with Gasteiger partial charge in [-0.15, -0.1) is 0 Å². The van der Waals surface area contributed by atoms with Crippen molar-refractivity contribution < 1.29 is 9.47 Å². The van der Waals surface area contributed by atoms with Gasteiger partial charge >= 0.3 is 0 Å². The molecule has 0 saturated carbocycles.